The highest BCUT2D eigenvalue weighted by molar-refractivity contribution is 5.85. The van der Waals surface area contributed by atoms with Crippen LogP contribution in [-0.4, -0.2) is 18.8 Å². The molecule has 0 fully saturated rings. The van der Waals surface area contributed by atoms with Gasteiger partial charge in [0, 0.05) is 17.3 Å². The lowest BCUT2D eigenvalue weighted by molar-refractivity contribution is -0.698. The predicted molar refractivity (Wildman–Crippen MR) is 108 cm³/mol. The summed E-state index contributed by atoms with van der Waals surface area (Å²) in [6.45, 7) is 4.89. The minimum Gasteiger partial charge on any atom is -0.443 e. The Kier molecular flexibility index (Phi) is 8.89. The summed E-state index contributed by atoms with van der Waals surface area (Å²) in [6.07, 6.45) is 11.1. The maximum absolute atomic E-state index is 12.0. The van der Waals surface area contributed by atoms with Crippen LogP contribution in [0.5, 0.6) is 0 Å². The number of carbonyl (C=O) groups is 1. The van der Waals surface area contributed by atoms with Gasteiger partial charge >= 0.3 is 6.09 Å². The summed E-state index contributed by atoms with van der Waals surface area (Å²) in [4.78, 5) is 26.0. The number of aromatic nitrogens is 1. The van der Waals surface area contributed by atoms with E-state index < -0.39 is 6.09 Å². The Morgan fingerprint density at radius 3 is 2.89 bits per heavy atom. The fourth-order valence-corrected chi connectivity index (χ4v) is 2.87. The zero-order valence-corrected chi connectivity index (χ0v) is 16.6. The van der Waals surface area contributed by atoms with Gasteiger partial charge in [-0.3, -0.25) is 5.32 Å². The molecule has 1 N–H and O–H groups in total. The third-order valence-corrected chi connectivity index (χ3v) is 4.44. The highest BCUT2D eigenvalue weighted by Gasteiger charge is 2.08. The van der Waals surface area contributed by atoms with Crippen molar-refractivity contribution in [3.63, 3.8) is 0 Å². The van der Waals surface area contributed by atoms with Crippen LogP contribution in [0.15, 0.2) is 47.7 Å². The zero-order valence-electron chi connectivity index (χ0n) is 16.6. The molecule has 0 saturated carbocycles. The molecule has 1 aromatic carbocycles. The molecule has 0 aliphatic rings. The molecule has 28 heavy (non-hydrogen) atoms. The number of pyridine rings is 1. The smallest absolute Gasteiger partial charge is 0.411 e. The monoisotopic (exact) mass is 382 g/mol. The number of amides is 1. The van der Waals surface area contributed by atoms with Crippen molar-refractivity contribution in [1.82, 2.24) is 0 Å². The van der Waals surface area contributed by atoms with Crippen LogP contribution in [0.25, 0.3) is 0 Å². The first-order valence-electron chi connectivity index (χ1n) is 9.72. The maximum Gasteiger partial charge on any atom is 0.411 e. The van der Waals surface area contributed by atoms with Crippen molar-refractivity contribution in [3.8, 4) is 0 Å². The molecule has 0 aliphatic heterocycles. The number of anilines is 1. The van der Waals surface area contributed by atoms with Crippen LogP contribution < -0.4 is 9.88 Å². The van der Waals surface area contributed by atoms with Crippen molar-refractivity contribution >= 4 is 23.5 Å². The lowest BCUT2D eigenvalue weighted by Crippen LogP contribution is -2.36. The summed E-state index contributed by atoms with van der Waals surface area (Å²) in [6, 6.07) is 9.27. The van der Waals surface area contributed by atoms with Gasteiger partial charge in [0.2, 0.25) is 6.08 Å². The molecule has 2 aromatic rings. The molecule has 6 nitrogen and oxygen atoms in total. The van der Waals surface area contributed by atoms with E-state index in [4.69, 9.17) is 4.74 Å². The number of benzene rings is 1. The molecule has 0 saturated heterocycles. The number of hydrogen-bond acceptors (Lipinski definition) is 4. The van der Waals surface area contributed by atoms with Crippen molar-refractivity contribution in [1.29, 1.82) is 0 Å². The van der Waals surface area contributed by atoms with E-state index in [1.165, 1.54) is 37.3 Å². The minimum absolute atomic E-state index is 0.265. The standard InChI is InChI=1S/C22H27N3O3/c1-3-4-5-6-8-19-9-7-12-25(16-19)13-14-28-22(27)24-20-11-10-18(2)21(15-20)23-17-26/h7,9-12,15-16H,3-6,8,13-14H2,1-2H3/p+1. The van der Waals surface area contributed by atoms with E-state index >= 15 is 0 Å². The lowest BCUT2D eigenvalue weighted by atomic mass is 10.1. The summed E-state index contributed by atoms with van der Waals surface area (Å²) in [5, 5.41) is 2.65. The van der Waals surface area contributed by atoms with E-state index in [0.717, 1.165) is 12.0 Å². The first-order valence-corrected chi connectivity index (χ1v) is 9.72. The quantitative estimate of drug-likeness (QED) is 0.282. The fourth-order valence-electron chi connectivity index (χ4n) is 2.87. The van der Waals surface area contributed by atoms with Gasteiger partial charge in [0.1, 0.15) is 0 Å². The molecule has 148 valence electrons. The molecular weight excluding hydrogens is 354 g/mol. The Morgan fingerprint density at radius 2 is 2.11 bits per heavy atom. The van der Waals surface area contributed by atoms with Crippen LogP contribution in [0.4, 0.5) is 16.2 Å². The van der Waals surface area contributed by atoms with Gasteiger partial charge in [-0.1, -0.05) is 32.3 Å². The van der Waals surface area contributed by atoms with Crippen LogP contribution in [0.1, 0.15) is 43.7 Å². The third-order valence-electron chi connectivity index (χ3n) is 4.44. The molecule has 1 amide bonds. The number of carbonyl (C=O) groups excluding carboxylic acids is 2. The summed E-state index contributed by atoms with van der Waals surface area (Å²) < 4.78 is 7.29. The summed E-state index contributed by atoms with van der Waals surface area (Å²) in [7, 11) is 0. The molecule has 0 atom stereocenters. The van der Waals surface area contributed by atoms with Gasteiger partial charge in [-0.2, -0.15) is 4.99 Å². The Labute approximate surface area is 166 Å². The molecule has 0 bridgehead atoms. The molecule has 6 heteroatoms. The normalized spacial score (nSPS) is 10.2. The second-order valence-electron chi connectivity index (χ2n) is 6.73. The number of aliphatic imine (C=N–C) groups is 1. The second kappa shape index (κ2) is 11.7. The maximum atomic E-state index is 12.0. The number of aryl methyl sites for hydroxylation is 2. The van der Waals surface area contributed by atoms with Gasteiger partial charge in [0.15, 0.2) is 25.5 Å². The molecule has 0 aliphatic carbocycles. The van der Waals surface area contributed by atoms with Gasteiger partial charge < -0.3 is 4.74 Å². The van der Waals surface area contributed by atoms with Crippen LogP contribution in [-0.2, 0) is 22.5 Å². The number of rotatable bonds is 10. The molecule has 1 aromatic heterocycles. The van der Waals surface area contributed by atoms with Crippen LogP contribution in [0.3, 0.4) is 0 Å². The second-order valence-corrected chi connectivity index (χ2v) is 6.73. The van der Waals surface area contributed by atoms with Crippen LogP contribution >= 0.6 is 0 Å². The average molecular weight is 382 g/mol. The number of nitrogens with zero attached hydrogens (tertiary/aromatic N) is 2. The largest absolute Gasteiger partial charge is 0.443 e. The van der Waals surface area contributed by atoms with E-state index in [0.29, 0.717) is 17.9 Å². The van der Waals surface area contributed by atoms with Gasteiger partial charge in [-0.25, -0.2) is 14.2 Å². The molecule has 1 heterocycles. The number of hydrogen-bond donors (Lipinski definition) is 1. The third kappa shape index (κ3) is 7.33. The number of nitrogens with one attached hydrogen (secondary N) is 1. The van der Waals surface area contributed by atoms with E-state index in [1.54, 1.807) is 18.2 Å². The molecule has 0 spiro atoms. The van der Waals surface area contributed by atoms with E-state index in [9.17, 15) is 9.59 Å². The topological polar surface area (TPSA) is 71.6 Å². The van der Waals surface area contributed by atoms with Gasteiger partial charge in [-0.05, 0) is 43.5 Å². The number of ether oxygens (including phenoxy) is 1. The minimum atomic E-state index is -0.541. The SMILES string of the molecule is CCCCCCc1ccc[n+](CCOC(=O)Nc2ccc(C)c(N=C=O)c2)c1. The van der Waals surface area contributed by atoms with Gasteiger partial charge in [0.05, 0.1) is 5.69 Å². The van der Waals surface area contributed by atoms with Gasteiger partial charge in [0.25, 0.3) is 0 Å². The van der Waals surface area contributed by atoms with E-state index in [2.05, 4.69) is 29.5 Å². The fraction of sp³-hybridized carbons (Fsp3) is 0.409. The lowest BCUT2D eigenvalue weighted by Gasteiger charge is -2.07. The van der Waals surface area contributed by atoms with E-state index in [-0.39, 0.29) is 6.61 Å². The van der Waals surface area contributed by atoms with Crippen molar-refractivity contribution in [3.05, 3.63) is 53.9 Å². The summed E-state index contributed by atoms with van der Waals surface area (Å²) in [5.74, 6) is 0. The van der Waals surface area contributed by atoms with Crippen LogP contribution in [0, 0.1) is 6.92 Å². The Bertz CT molecular complexity index is 830. The first kappa shape index (κ1) is 21.3. The Balaban J connectivity index is 1.79. The van der Waals surface area contributed by atoms with Crippen LogP contribution in [0.2, 0.25) is 0 Å². The molecular formula is C22H28N3O3+. The molecule has 2 rings (SSSR count). The highest BCUT2D eigenvalue weighted by Crippen LogP contribution is 2.22. The van der Waals surface area contributed by atoms with E-state index in [1.807, 2.05) is 23.8 Å². The van der Waals surface area contributed by atoms with Gasteiger partial charge in [-0.15, -0.1) is 0 Å². The number of unbranched alkanes of at least 4 members (excludes halogenated alkanes) is 3. The zero-order chi connectivity index (χ0) is 20.2. The first-order chi connectivity index (χ1) is 13.6. The van der Waals surface area contributed by atoms with Crippen molar-refractivity contribution in [2.24, 2.45) is 4.99 Å². The Hall–Kier alpha value is -2.98. The van der Waals surface area contributed by atoms with Crippen molar-refractivity contribution in [2.45, 2.75) is 52.5 Å². The summed E-state index contributed by atoms with van der Waals surface area (Å²) in [5.41, 5.74) is 3.12. The highest BCUT2D eigenvalue weighted by atomic mass is 16.5. The van der Waals surface area contributed by atoms with Crippen molar-refractivity contribution in [2.75, 3.05) is 11.9 Å². The van der Waals surface area contributed by atoms with Crippen molar-refractivity contribution < 1.29 is 18.9 Å². The Morgan fingerprint density at radius 1 is 1.25 bits per heavy atom. The predicted octanol–water partition coefficient (Wildman–Crippen LogP) is 4.62. The molecule has 0 radical (unpaired) electrons. The molecule has 0 unspecified atom stereocenters. The average Bonchev–Trinajstić information content (AvgIpc) is 2.68. The summed E-state index contributed by atoms with van der Waals surface area (Å²) >= 11 is 0. The number of isocyanates is 1.